The average molecular weight is 248 g/mol. The van der Waals surface area contributed by atoms with Gasteiger partial charge in [-0.25, -0.2) is 5.01 Å². The molecule has 1 aliphatic heterocycles. The van der Waals surface area contributed by atoms with Gasteiger partial charge in [-0.15, -0.1) is 0 Å². The van der Waals surface area contributed by atoms with Crippen LogP contribution in [-0.4, -0.2) is 49.0 Å². The lowest BCUT2D eigenvalue weighted by Gasteiger charge is -2.32. The molecule has 0 spiro atoms. The molecule has 0 aromatic heterocycles. The van der Waals surface area contributed by atoms with Crippen molar-refractivity contribution >= 4 is 11.6 Å². The minimum atomic E-state index is 0.0187. The summed E-state index contributed by atoms with van der Waals surface area (Å²) < 4.78 is 0. The van der Waals surface area contributed by atoms with Crippen LogP contribution in [0, 0.1) is 0 Å². The van der Waals surface area contributed by atoms with E-state index < -0.39 is 0 Å². The number of amides is 1. The van der Waals surface area contributed by atoms with Gasteiger partial charge in [0.2, 0.25) is 5.91 Å². The highest BCUT2D eigenvalue weighted by Crippen LogP contribution is 2.07. The molecule has 0 bridgehead atoms. The van der Waals surface area contributed by atoms with Crippen LogP contribution in [0.25, 0.3) is 0 Å². The topological polar surface area (TPSA) is 61.6 Å². The zero-order valence-electron chi connectivity index (χ0n) is 10.7. The molecule has 1 saturated heterocycles. The number of anilines is 1. The molecule has 0 atom stereocenters. The molecule has 1 heterocycles. The molecule has 0 saturated carbocycles. The smallest absolute Gasteiger partial charge is 0.238 e. The third-order valence-electron chi connectivity index (χ3n) is 3.10. The summed E-state index contributed by atoms with van der Waals surface area (Å²) in [6.07, 6.45) is 0.372. The summed E-state index contributed by atoms with van der Waals surface area (Å²) in [6, 6.07) is 7.44. The van der Waals surface area contributed by atoms with Crippen molar-refractivity contribution in [2.24, 2.45) is 0 Å². The summed E-state index contributed by atoms with van der Waals surface area (Å²) in [5, 5.41) is 1.98. The zero-order valence-corrected chi connectivity index (χ0v) is 10.7. The second kappa shape index (κ2) is 5.84. The SMILES string of the molecule is CN1CCN(NC(=O)Cc2cccc(N)c2)CC1. The Hall–Kier alpha value is -1.59. The van der Waals surface area contributed by atoms with Crippen LogP contribution < -0.4 is 11.2 Å². The van der Waals surface area contributed by atoms with Gasteiger partial charge >= 0.3 is 0 Å². The second-order valence-corrected chi connectivity index (χ2v) is 4.75. The number of rotatable bonds is 3. The predicted molar refractivity (Wildman–Crippen MR) is 71.8 cm³/mol. The van der Waals surface area contributed by atoms with Crippen LogP contribution in [0.2, 0.25) is 0 Å². The van der Waals surface area contributed by atoms with Gasteiger partial charge in [-0.05, 0) is 24.7 Å². The molecule has 1 fully saturated rings. The van der Waals surface area contributed by atoms with Crippen molar-refractivity contribution in [3.63, 3.8) is 0 Å². The summed E-state index contributed by atoms with van der Waals surface area (Å²) in [5.74, 6) is 0.0187. The maximum Gasteiger partial charge on any atom is 0.238 e. The van der Waals surface area contributed by atoms with E-state index in [2.05, 4.69) is 17.4 Å². The number of nitrogens with one attached hydrogen (secondary N) is 1. The van der Waals surface area contributed by atoms with Gasteiger partial charge in [-0.3, -0.25) is 10.2 Å². The number of hydrazine groups is 1. The fourth-order valence-corrected chi connectivity index (χ4v) is 2.02. The van der Waals surface area contributed by atoms with Gasteiger partial charge in [0, 0.05) is 31.9 Å². The molecule has 5 heteroatoms. The molecule has 0 aliphatic carbocycles. The fourth-order valence-electron chi connectivity index (χ4n) is 2.02. The van der Waals surface area contributed by atoms with Crippen molar-refractivity contribution < 1.29 is 4.79 Å². The lowest BCUT2D eigenvalue weighted by atomic mass is 10.1. The van der Waals surface area contributed by atoms with Crippen LogP contribution in [0.3, 0.4) is 0 Å². The van der Waals surface area contributed by atoms with E-state index >= 15 is 0 Å². The van der Waals surface area contributed by atoms with Gasteiger partial charge in [0.15, 0.2) is 0 Å². The molecule has 0 unspecified atom stereocenters. The summed E-state index contributed by atoms with van der Waals surface area (Å²) in [7, 11) is 2.09. The quantitative estimate of drug-likeness (QED) is 0.744. The van der Waals surface area contributed by atoms with Gasteiger partial charge in [-0.2, -0.15) is 0 Å². The first-order chi connectivity index (χ1) is 8.63. The van der Waals surface area contributed by atoms with Crippen LogP contribution in [0.1, 0.15) is 5.56 Å². The van der Waals surface area contributed by atoms with Crippen molar-refractivity contribution in [1.29, 1.82) is 0 Å². The summed E-state index contributed by atoms with van der Waals surface area (Å²) >= 11 is 0. The van der Waals surface area contributed by atoms with Crippen LogP contribution >= 0.6 is 0 Å². The van der Waals surface area contributed by atoms with E-state index in [0.717, 1.165) is 31.7 Å². The van der Waals surface area contributed by atoms with Crippen LogP contribution in [0.5, 0.6) is 0 Å². The van der Waals surface area contributed by atoms with E-state index in [9.17, 15) is 4.79 Å². The lowest BCUT2D eigenvalue weighted by molar-refractivity contribution is -0.126. The van der Waals surface area contributed by atoms with E-state index in [1.165, 1.54) is 0 Å². The lowest BCUT2D eigenvalue weighted by Crippen LogP contribution is -2.52. The third-order valence-corrected chi connectivity index (χ3v) is 3.10. The third kappa shape index (κ3) is 3.72. The molecule has 1 aromatic rings. The number of nitrogen functional groups attached to an aromatic ring is 1. The highest BCUT2D eigenvalue weighted by atomic mass is 16.2. The first-order valence-electron chi connectivity index (χ1n) is 6.21. The number of benzene rings is 1. The molecule has 5 nitrogen and oxygen atoms in total. The Labute approximate surface area is 108 Å². The second-order valence-electron chi connectivity index (χ2n) is 4.75. The fraction of sp³-hybridized carbons (Fsp3) is 0.462. The monoisotopic (exact) mass is 248 g/mol. The Morgan fingerprint density at radius 2 is 2.06 bits per heavy atom. The molecule has 3 N–H and O–H groups in total. The summed E-state index contributed by atoms with van der Waals surface area (Å²) in [5.41, 5.74) is 10.3. The predicted octanol–water partition coefficient (Wildman–Crippen LogP) is 0.0899. The number of piperazine rings is 1. The molecular weight excluding hydrogens is 228 g/mol. The van der Waals surface area contributed by atoms with Crippen molar-refractivity contribution in [2.45, 2.75) is 6.42 Å². The largest absolute Gasteiger partial charge is 0.399 e. The normalized spacial score (nSPS) is 17.6. The number of nitrogens with two attached hydrogens (primary N) is 1. The van der Waals surface area contributed by atoms with Crippen molar-refractivity contribution in [3.8, 4) is 0 Å². The van der Waals surface area contributed by atoms with E-state index in [0.29, 0.717) is 12.1 Å². The van der Waals surface area contributed by atoms with Gasteiger partial charge in [0.1, 0.15) is 0 Å². The molecule has 0 radical (unpaired) electrons. The Kier molecular flexibility index (Phi) is 4.17. The van der Waals surface area contributed by atoms with Gasteiger partial charge in [0.05, 0.1) is 6.42 Å². The van der Waals surface area contributed by atoms with Crippen LogP contribution in [0.15, 0.2) is 24.3 Å². The summed E-state index contributed by atoms with van der Waals surface area (Å²) in [4.78, 5) is 14.1. The average Bonchev–Trinajstić information content (AvgIpc) is 2.32. The molecule has 1 aliphatic rings. The van der Waals surface area contributed by atoms with Gasteiger partial charge in [0.25, 0.3) is 0 Å². The minimum Gasteiger partial charge on any atom is -0.399 e. The van der Waals surface area contributed by atoms with Gasteiger partial charge in [-0.1, -0.05) is 12.1 Å². The number of nitrogens with zero attached hydrogens (tertiary/aromatic N) is 2. The number of likely N-dealkylation sites (N-methyl/N-ethyl adjacent to an activating group) is 1. The van der Waals surface area contributed by atoms with E-state index in [1.807, 2.05) is 29.3 Å². The number of carbonyl (C=O) groups is 1. The molecule has 2 rings (SSSR count). The molecule has 1 amide bonds. The Bertz CT molecular complexity index is 413. The molecule has 18 heavy (non-hydrogen) atoms. The number of carbonyl (C=O) groups excluding carboxylic acids is 1. The first kappa shape index (κ1) is 12.9. The van der Waals surface area contributed by atoms with E-state index in [1.54, 1.807) is 0 Å². The van der Waals surface area contributed by atoms with Crippen LogP contribution in [0.4, 0.5) is 5.69 Å². The Balaban J connectivity index is 1.82. The van der Waals surface area contributed by atoms with Crippen molar-refractivity contribution in [2.75, 3.05) is 39.0 Å². The van der Waals surface area contributed by atoms with E-state index in [-0.39, 0.29) is 5.91 Å². The van der Waals surface area contributed by atoms with Crippen molar-refractivity contribution in [3.05, 3.63) is 29.8 Å². The summed E-state index contributed by atoms with van der Waals surface area (Å²) in [6.45, 7) is 3.72. The van der Waals surface area contributed by atoms with Crippen LogP contribution in [-0.2, 0) is 11.2 Å². The highest BCUT2D eigenvalue weighted by molar-refractivity contribution is 5.78. The number of hydrogen-bond donors (Lipinski definition) is 2. The Morgan fingerprint density at radius 1 is 1.33 bits per heavy atom. The minimum absolute atomic E-state index is 0.0187. The molecular formula is C13H20N4O. The van der Waals surface area contributed by atoms with E-state index in [4.69, 9.17) is 5.73 Å². The molecule has 98 valence electrons. The Morgan fingerprint density at radius 3 is 2.72 bits per heavy atom. The zero-order chi connectivity index (χ0) is 13.0. The maximum absolute atomic E-state index is 11.9. The maximum atomic E-state index is 11.9. The number of hydrogen-bond acceptors (Lipinski definition) is 4. The first-order valence-corrected chi connectivity index (χ1v) is 6.21. The van der Waals surface area contributed by atoms with Gasteiger partial charge < -0.3 is 10.6 Å². The van der Waals surface area contributed by atoms with Crippen molar-refractivity contribution in [1.82, 2.24) is 15.3 Å². The molecule has 1 aromatic carbocycles. The standard InChI is InChI=1S/C13H20N4O/c1-16-5-7-17(8-6-16)15-13(18)10-11-3-2-4-12(14)9-11/h2-4,9H,5-8,10,14H2,1H3,(H,15,18). The highest BCUT2D eigenvalue weighted by Gasteiger charge is 2.15.